The maximum Gasteiger partial charge on any atom is 0.119 e. The summed E-state index contributed by atoms with van der Waals surface area (Å²) >= 11 is 0. The molecule has 1 aromatic heterocycles. The minimum atomic E-state index is -0.531. The normalized spacial score (nSPS) is 12.6. The maximum atomic E-state index is 9.97. The zero-order valence-corrected chi connectivity index (χ0v) is 12.0. The Bertz CT molecular complexity index is 509. The topological polar surface area (TPSA) is 45.8 Å². The first-order valence-corrected chi connectivity index (χ1v) is 6.73. The molecule has 108 valence electrons. The van der Waals surface area contributed by atoms with E-state index in [9.17, 15) is 5.11 Å². The van der Waals surface area contributed by atoms with Gasteiger partial charge in [-0.3, -0.25) is 4.90 Å². The van der Waals surface area contributed by atoms with Gasteiger partial charge in [0.1, 0.15) is 30.0 Å². The molecule has 0 aliphatic carbocycles. The molecule has 2 aromatic rings. The second-order valence-corrected chi connectivity index (χ2v) is 4.99. The number of hydrogen-bond donors (Lipinski definition) is 1. The number of likely N-dealkylation sites (N-methyl/N-ethyl adjacent to an activating group) is 1. The van der Waals surface area contributed by atoms with Gasteiger partial charge in [0.15, 0.2) is 0 Å². The first-order valence-electron chi connectivity index (χ1n) is 6.73. The largest absolute Gasteiger partial charge is 0.491 e. The van der Waals surface area contributed by atoms with E-state index in [-0.39, 0.29) is 6.61 Å². The van der Waals surface area contributed by atoms with Crippen molar-refractivity contribution in [2.75, 3.05) is 20.2 Å². The number of benzene rings is 1. The lowest BCUT2D eigenvalue weighted by atomic mass is 10.3. The van der Waals surface area contributed by atoms with Crippen LogP contribution in [0.4, 0.5) is 0 Å². The Labute approximate surface area is 119 Å². The van der Waals surface area contributed by atoms with E-state index < -0.39 is 6.10 Å². The minimum absolute atomic E-state index is 0.283. The summed E-state index contributed by atoms with van der Waals surface area (Å²) in [5, 5.41) is 9.97. The Morgan fingerprint density at radius 3 is 2.60 bits per heavy atom. The van der Waals surface area contributed by atoms with Crippen LogP contribution in [0.15, 0.2) is 46.9 Å². The van der Waals surface area contributed by atoms with Gasteiger partial charge in [-0.25, -0.2) is 0 Å². The molecule has 2 rings (SSSR count). The summed E-state index contributed by atoms with van der Waals surface area (Å²) in [6.07, 6.45) is -0.531. The molecule has 1 unspecified atom stereocenters. The fourth-order valence-corrected chi connectivity index (χ4v) is 2.02. The van der Waals surface area contributed by atoms with Crippen LogP contribution >= 0.6 is 0 Å². The molecule has 0 radical (unpaired) electrons. The number of ether oxygens (including phenoxy) is 1. The zero-order chi connectivity index (χ0) is 14.4. The number of nitrogens with zero attached hydrogens (tertiary/aromatic N) is 1. The van der Waals surface area contributed by atoms with Crippen molar-refractivity contribution < 1.29 is 14.3 Å². The summed E-state index contributed by atoms with van der Waals surface area (Å²) in [6.45, 7) is 3.42. The van der Waals surface area contributed by atoms with Gasteiger partial charge in [0.25, 0.3) is 0 Å². The van der Waals surface area contributed by atoms with Gasteiger partial charge < -0.3 is 14.3 Å². The van der Waals surface area contributed by atoms with Crippen molar-refractivity contribution in [2.45, 2.75) is 19.6 Å². The summed E-state index contributed by atoms with van der Waals surface area (Å²) in [5.41, 5.74) is 0. The van der Waals surface area contributed by atoms with E-state index in [1.54, 1.807) is 0 Å². The first-order chi connectivity index (χ1) is 9.63. The summed E-state index contributed by atoms with van der Waals surface area (Å²) in [4.78, 5) is 2.01. The molecule has 0 aliphatic rings. The highest BCUT2D eigenvalue weighted by atomic mass is 16.5. The first kappa shape index (κ1) is 14.6. The Balaban J connectivity index is 1.72. The van der Waals surface area contributed by atoms with Crippen LogP contribution in [0.5, 0.6) is 5.75 Å². The van der Waals surface area contributed by atoms with Crippen molar-refractivity contribution in [3.05, 3.63) is 54.0 Å². The van der Waals surface area contributed by atoms with Gasteiger partial charge in [-0.05, 0) is 38.2 Å². The monoisotopic (exact) mass is 275 g/mol. The number of aryl methyl sites for hydroxylation is 1. The van der Waals surface area contributed by atoms with Crippen LogP contribution in [-0.2, 0) is 6.54 Å². The average molecular weight is 275 g/mol. The second-order valence-electron chi connectivity index (χ2n) is 4.99. The van der Waals surface area contributed by atoms with E-state index in [1.807, 2.05) is 61.3 Å². The Morgan fingerprint density at radius 1 is 1.20 bits per heavy atom. The van der Waals surface area contributed by atoms with Crippen molar-refractivity contribution >= 4 is 0 Å². The van der Waals surface area contributed by atoms with Crippen LogP contribution in [0.25, 0.3) is 0 Å². The smallest absolute Gasteiger partial charge is 0.119 e. The van der Waals surface area contributed by atoms with E-state index in [2.05, 4.69) is 0 Å². The molecule has 0 spiro atoms. The molecule has 4 heteroatoms. The molecule has 20 heavy (non-hydrogen) atoms. The van der Waals surface area contributed by atoms with E-state index in [1.165, 1.54) is 0 Å². The van der Waals surface area contributed by atoms with E-state index in [0.29, 0.717) is 13.1 Å². The molecule has 1 N–H and O–H groups in total. The van der Waals surface area contributed by atoms with E-state index in [4.69, 9.17) is 9.15 Å². The van der Waals surface area contributed by atoms with Gasteiger partial charge in [-0.1, -0.05) is 18.2 Å². The number of rotatable bonds is 7. The second kappa shape index (κ2) is 7.12. The summed E-state index contributed by atoms with van der Waals surface area (Å²) in [5.74, 6) is 2.58. The van der Waals surface area contributed by atoms with Gasteiger partial charge in [-0.2, -0.15) is 0 Å². The predicted molar refractivity (Wildman–Crippen MR) is 77.7 cm³/mol. The summed E-state index contributed by atoms with van der Waals surface area (Å²) in [7, 11) is 1.95. The lowest BCUT2D eigenvalue weighted by molar-refractivity contribution is 0.0724. The highest BCUT2D eigenvalue weighted by Crippen LogP contribution is 2.10. The summed E-state index contributed by atoms with van der Waals surface area (Å²) in [6, 6.07) is 13.4. The average Bonchev–Trinajstić information content (AvgIpc) is 2.83. The van der Waals surface area contributed by atoms with Gasteiger partial charge >= 0.3 is 0 Å². The van der Waals surface area contributed by atoms with E-state index >= 15 is 0 Å². The molecule has 1 atom stereocenters. The predicted octanol–water partition coefficient (Wildman–Crippen LogP) is 2.46. The Kier molecular flexibility index (Phi) is 5.21. The van der Waals surface area contributed by atoms with Crippen molar-refractivity contribution in [3.8, 4) is 5.75 Å². The Morgan fingerprint density at radius 2 is 1.95 bits per heavy atom. The third-order valence-electron chi connectivity index (χ3n) is 2.93. The van der Waals surface area contributed by atoms with Crippen LogP contribution < -0.4 is 4.74 Å². The highest BCUT2D eigenvalue weighted by molar-refractivity contribution is 5.20. The van der Waals surface area contributed by atoms with Crippen LogP contribution in [0, 0.1) is 6.92 Å². The summed E-state index contributed by atoms with van der Waals surface area (Å²) < 4.78 is 11.0. The molecule has 0 amide bonds. The van der Waals surface area contributed by atoms with Gasteiger partial charge in [0.05, 0.1) is 6.54 Å². The van der Waals surface area contributed by atoms with Crippen molar-refractivity contribution in [1.82, 2.24) is 4.90 Å². The third-order valence-corrected chi connectivity index (χ3v) is 2.93. The maximum absolute atomic E-state index is 9.97. The van der Waals surface area contributed by atoms with Crippen molar-refractivity contribution in [3.63, 3.8) is 0 Å². The van der Waals surface area contributed by atoms with E-state index in [0.717, 1.165) is 17.3 Å². The van der Waals surface area contributed by atoms with Crippen LogP contribution in [-0.4, -0.2) is 36.3 Å². The number of para-hydroxylation sites is 1. The van der Waals surface area contributed by atoms with Crippen LogP contribution in [0.1, 0.15) is 11.5 Å². The third kappa shape index (κ3) is 4.72. The number of hydrogen-bond acceptors (Lipinski definition) is 4. The molecule has 1 heterocycles. The quantitative estimate of drug-likeness (QED) is 0.843. The van der Waals surface area contributed by atoms with Gasteiger partial charge in [-0.15, -0.1) is 0 Å². The molecular formula is C16H21NO3. The molecule has 1 aromatic carbocycles. The molecule has 0 saturated heterocycles. The highest BCUT2D eigenvalue weighted by Gasteiger charge is 2.11. The fourth-order valence-electron chi connectivity index (χ4n) is 2.02. The number of furan rings is 1. The molecule has 4 nitrogen and oxygen atoms in total. The lowest BCUT2D eigenvalue weighted by Gasteiger charge is -2.19. The van der Waals surface area contributed by atoms with Crippen LogP contribution in [0.3, 0.4) is 0 Å². The number of aliphatic hydroxyl groups excluding tert-OH is 1. The fraction of sp³-hybridized carbons (Fsp3) is 0.375. The van der Waals surface area contributed by atoms with Crippen LogP contribution in [0.2, 0.25) is 0 Å². The molecule has 0 aliphatic heterocycles. The molecule has 0 fully saturated rings. The minimum Gasteiger partial charge on any atom is -0.491 e. The van der Waals surface area contributed by atoms with Crippen molar-refractivity contribution in [2.24, 2.45) is 0 Å². The zero-order valence-electron chi connectivity index (χ0n) is 12.0. The number of aliphatic hydroxyl groups is 1. The van der Waals surface area contributed by atoms with Crippen molar-refractivity contribution in [1.29, 1.82) is 0 Å². The molecular weight excluding hydrogens is 254 g/mol. The lowest BCUT2D eigenvalue weighted by Crippen LogP contribution is -2.32. The standard InChI is InChI=1S/C16H21NO3/c1-13-8-9-16(20-13)11-17(2)10-14(18)12-19-15-6-4-3-5-7-15/h3-9,14,18H,10-12H2,1-2H3. The van der Waals surface area contributed by atoms with Gasteiger partial charge in [0, 0.05) is 6.54 Å². The SMILES string of the molecule is Cc1ccc(CN(C)CC(O)COc2ccccc2)o1. The Hall–Kier alpha value is -1.78. The molecule has 0 saturated carbocycles. The molecule has 0 bridgehead atoms. The van der Waals surface area contributed by atoms with Gasteiger partial charge in [0.2, 0.25) is 0 Å².